The molecule has 1 aliphatic rings. The fraction of sp³-hybridized carbons (Fsp3) is 0.263. The van der Waals surface area contributed by atoms with Gasteiger partial charge in [0.25, 0.3) is 5.91 Å². The van der Waals surface area contributed by atoms with Crippen molar-refractivity contribution in [3.63, 3.8) is 0 Å². The molecular formula is C19H18ClN3O4S. The topological polar surface area (TPSA) is 94.2 Å². The normalized spacial score (nSPS) is 18.3. The number of nitrogens with zero attached hydrogens (tertiary/aromatic N) is 2. The molecule has 1 aliphatic heterocycles. The predicted molar refractivity (Wildman–Crippen MR) is 106 cm³/mol. The maximum Gasteiger partial charge on any atom is 0.276 e. The average molecular weight is 420 g/mol. The summed E-state index contributed by atoms with van der Waals surface area (Å²) in [6.07, 6.45) is 1.97. The van der Waals surface area contributed by atoms with Crippen LogP contribution in [0.15, 0.2) is 47.1 Å². The second-order valence-electron chi connectivity index (χ2n) is 6.81. The third-order valence-corrected chi connectivity index (χ3v) is 6.73. The van der Waals surface area contributed by atoms with Crippen LogP contribution in [0.5, 0.6) is 0 Å². The zero-order valence-electron chi connectivity index (χ0n) is 15.1. The van der Waals surface area contributed by atoms with Crippen LogP contribution in [0.25, 0.3) is 11.5 Å². The lowest BCUT2D eigenvalue weighted by Crippen LogP contribution is -2.17. The number of sulfone groups is 1. The summed E-state index contributed by atoms with van der Waals surface area (Å²) in [6.45, 7) is 1.86. The van der Waals surface area contributed by atoms with Crippen LogP contribution in [-0.4, -0.2) is 35.6 Å². The molecule has 28 heavy (non-hydrogen) atoms. The zero-order chi connectivity index (χ0) is 19.9. The third kappa shape index (κ3) is 3.70. The van der Waals surface area contributed by atoms with Crippen molar-refractivity contribution in [1.29, 1.82) is 0 Å². The molecule has 4 rings (SSSR count). The van der Waals surface area contributed by atoms with Crippen molar-refractivity contribution >= 4 is 33.0 Å². The molecule has 9 heteroatoms. The Morgan fingerprint density at radius 2 is 2.14 bits per heavy atom. The summed E-state index contributed by atoms with van der Waals surface area (Å²) in [5.74, 6) is 0.224. The largest absolute Gasteiger partial charge is 0.463 e. The van der Waals surface area contributed by atoms with Crippen molar-refractivity contribution in [1.82, 2.24) is 9.78 Å². The summed E-state index contributed by atoms with van der Waals surface area (Å²) in [6, 6.07) is 9.99. The molecule has 1 saturated heterocycles. The van der Waals surface area contributed by atoms with E-state index in [1.54, 1.807) is 35.0 Å². The minimum absolute atomic E-state index is 0.00313. The first-order valence-corrected chi connectivity index (χ1v) is 10.9. The SMILES string of the molecule is Cc1ccc(Cl)cc1NC(=O)c1cc(-c2ccco2)n(C2CCS(=O)(=O)C2)n1. The van der Waals surface area contributed by atoms with Gasteiger partial charge in [-0.1, -0.05) is 17.7 Å². The van der Waals surface area contributed by atoms with Gasteiger partial charge in [0, 0.05) is 16.8 Å². The van der Waals surface area contributed by atoms with E-state index in [1.165, 1.54) is 6.26 Å². The molecule has 1 aromatic carbocycles. The Labute approximate surface area is 167 Å². The Hall–Kier alpha value is -2.58. The highest BCUT2D eigenvalue weighted by atomic mass is 35.5. The van der Waals surface area contributed by atoms with Crippen molar-refractivity contribution in [3.8, 4) is 11.5 Å². The van der Waals surface area contributed by atoms with E-state index in [0.29, 0.717) is 28.6 Å². The van der Waals surface area contributed by atoms with Crippen LogP contribution in [0, 0.1) is 6.92 Å². The molecule has 0 radical (unpaired) electrons. The Bertz CT molecular complexity index is 1140. The van der Waals surface area contributed by atoms with Crippen molar-refractivity contribution < 1.29 is 17.6 Å². The van der Waals surface area contributed by atoms with E-state index in [9.17, 15) is 13.2 Å². The highest BCUT2D eigenvalue weighted by Gasteiger charge is 2.32. The van der Waals surface area contributed by atoms with Gasteiger partial charge in [0.2, 0.25) is 0 Å². The molecule has 1 N–H and O–H groups in total. The average Bonchev–Trinajstić information content (AvgIpc) is 3.36. The summed E-state index contributed by atoms with van der Waals surface area (Å²) in [5, 5.41) is 7.73. The van der Waals surface area contributed by atoms with E-state index in [4.69, 9.17) is 16.0 Å². The predicted octanol–water partition coefficient (Wildman–Crippen LogP) is 3.72. The fourth-order valence-electron chi connectivity index (χ4n) is 3.28. The van der Waals surface area contributed by atoms with Crippen molar-refractivity contribution in [2.45, 2.75) is 19.4 Å². The van der Waals surface area contributed by atoms with E-state index in [2.05, 4.69) is 10.4 Å². The van der Waals surface area contributed by atoms with Crippen molar-refractivity contribution in [2.24, 2.45) is 0 Å². The Balaban J connectivity index is 1.69. The van der Waals surface area contributed by atoms with Gasteiger partial charge in [0.1, 0.15) is 5.69 Å². The van der Waals surface area contributed by atoms with Crippen LogP contribution >= 0.6 is 11.6 Å². The molecule has 3 aromatic rings. The van der Waals surface area contributed by atoms with Crippen LogP contribution in [0.3, 0.4) is 0 Å². The molecule has 1 atom stereocenters. The van der Waals surface area contributed by atoms with Crippen LogP contribution in [-0.2, 0) is 9.84 Å². The Morgan fingerprint density at radius 1 is 1.32 bits per heavy atom. The number of amides is 1. The number of hydrogen-bond acceptors (Lipinski definition) is 5. The van der Waals surface area contributed by atoms with Gasteiger partial charge in [-0.25, -0.2) is 8.42 Å². The van der Waals surface area contributed by atoms with Gasteiger partial charge in [-0.05, 0) is 43.2 Å². The van der Waals surface area contributed by atoms with Crippen LogP contribution < -0.4 is 5.32 Å². The van der Waals surface area contributed by atoms with Gasteiger partial charge >= 0.3 is 0 Å². The second-order valence-corrected chi connectivity index (χ2v) is 9.47. The lowest BCUT2D eigenvalue weighted by Gasteiger charge is -2.11. The van der Waals surface area contributed by atoms with Gasteiger partial charge in [0.15, 0.2) is 21.3 Å². The lowest BCUT2D eigenvalue weighted by atomic mass is 10.2. The smallest absolute Gasteiger partial charge is 0.276 e. The second kappa shape index (κ2) is 7.10. The number of rotatable bonds is 4. The van der Waals surface area contributed by atoms with E-state index in [0.717, 1.165) is 5.56 Å². The maximum absolute atomic E-state index is 12.8. The minimum atomic E-state index is -3.11. The maximum atomic E-state index is 12.8. The molecule has 7 nitrogen and oxygen atoms in total. The lowest BCUT2D eigenvalue weighted by molar-refractivity contribution is 0.102. The standard InChI is InChI=1S/C19H18ClN3O4S/c1-12-4-5-13(20)9-15(12)21-19(24)16-10-17(18-3-2-7-27-18)23(22-16)14-6-8-28(25,26)11-14/h2-5,7,9-10,14H,6,8,11H2,1H3,(H,21,24). The van der Waals surface area contributed by atoms with Gasteiger partial charge in [0.05, 0.1) is 23.8 Å². The first-order valence-electron chi connectivity index (χ1n) is 8.74. The first-order chi connectivity index (χ1) is 13.3. The van der Waals surface area contributed by atoms with Gasteiger partial charge in [-0.2, -0.15) is 5.10 Å². The van der Waals surface area contributed by atoms with Gasteiger partial charge < -0.3 is 9.73 Å². The number of nitrogens with one attached hydrogen (secondary N) is 1. The molecule has 0 bridgehead atoms. The molecule has 2 aromatic heterocycles. The number of aromatic nitrogens is 2. The quantitative estimate of drug-likeness (QED) is 0.695. The number of aryl methyl sites for hydroxylation is 1. The minimum Gasteiger partial charge on any atom is -0.463 e. The third-order valence-electron chi connectivity index (χ3n) is 4.74. The van der Waals surface area contributed by atoms with Gasteiger partial charge in [-0.15, -0.1) is 0 Å². The molecule has 1 fully saturated rings. The molecule has 146 valence electrons. The summed E-state index contributed by atoms with van der Waals surface area (Å²) < 4.78 is 30.9. The molecule has 0 saturated carbocycles. The molecule has 0 aliphatic carbocycles. The molecule has 1 amide bonds. The van der Waals surface area contributed by atoms with E-state index < -0.39 is 15.7 Å². The number of hydrogen-bond donors (Lipinski definition) is 1. The van der Waals surface area contributed by atoms with Crippen LogP contribution in [0.1, 0.15) is 28.5 Å². The summed E-state index contributed by atoms with van der Waals surface area (Å²) >= 11 is 6.02. The van der Waals surface area contributed by atoms with E-state index in [1.807, 2.05) is 13.0 Å². The first kappa shape index (κ1) is 18.8. The van der Waals surface area contributed by atoms with Gasteiger partial charge in [-0.3, -0.25) is 9.48 Å². The molecule has 1 unspecified atom stereocenters. The summed E-state index contributed by atoms with van der Waals surface area (Å²) in [4.78, 5) is 12.8. The molecular weight excluding hydrogens is 402 g/mol. The number of halogens is 1. The number of anilines is 1. The number of furan rings is 1. The van der Waals surface area contributed by atoms with Crippen LogP contribution in [0.2, 0.25) is 5.02 Å². The number of benzene rings is 1. The number of carbonyl (C=O) groups excluding carboxylic acids is 1. The zero-order valence-corrected chi connectivity index (χ0v) is 16.6. The highest BCUT2D eigenvalue weighted by Crippen LogP contribution is 2.30. The Kier molecular flexibility index (Phi) is 4.76. The summed E-state index contributed by atoms with van der Waals surface area (Å²) in [7, 11) is -3.11. The van der Waals surface area contributed by atoms with E-state index in [-0.39, 0.29) is 23.2 Å². The van der Waals surface area contributed by atoms with Crippen molar-refractivity contribution in [3.05, 3.63) is 58.9 Å². The fourth-order valence-corrected chi connectivity index (χ4v) is 5.14. The monoisotopic (exact) mass is 419 g/mol. The highest BCUT2D eigenvalue weighted by molar-refractivity contribution is 7.91. The van der Waals surface area contributed by atoms with E-state index >= 15 is 0 Å². The number of carbonyl (C=O) groups is 1. The van der Waals surface area contributed by atoms with Crippen LogP contribution in [0.4, 0.5) is 5.69 Å². The Morgan fingerprint density at radius 3 is 2.82 bits per heavy atom. The molecule has 0 spiro atoms. The summed E-state index contributed by atoms with van der Waals surface area (Å²) in [5.41, 5.74) is 2.20. The van der Waals surface area contributed by atoms with Crippen molar-refractivity contribution in [2.75, 3.05) is 16.8 Å². The molecule has 3 heterocycles.